The zero-order chi connectivity index (χ0) is 16.5. The summed E-state index contributed by atoms with van der Waals surface area (Å²) >= 11 is 0. The molecule has 2 atom stereocenters. The van der Waals surface area contributed by atoms with Crippen LogP contribution in [0.15, 0.2) is 36.7 Å². The second kappa shape index (κ2) is 6.53. The average Bonchev–Trinajstić information content (AvgIpc) is 3.12. The number of rotatable bonds is 4. The van der Waals surface area contributed by atoms with E-state index >= 15 is 0 Å². The van der Waals surface area contributed by atoms with Crippen molar-refractivity contribution in [2.45, 2.75) is 25.1 Å². The highest BCUT2D eigenvalue weighted by Crippen LogP contribution is 2.26. The second-order valence-corrected chi connectivity index (χ2v) is 6.84. The molecule has 2 aliphatic rings. The second-order valence-electron chi connectivity index (χ2n) is 6.84. The number of hydrogen-bond acceptors (Lipinski definition) is 4. The van der Waals surface area contributed by atoms with E-state index in [4.69, 9.17) is 4.74 Å². The fourth-order valence-corrected chi connectivity index (χ4v) is 3.83. The van der Waals surface area contributed by atoms with Gasteiger partial charge in [0.1, 0.15) is 17.7 Å². The lowest BCUT2D eigenvalue weighted by Gasteiger charge is -2.36. The molecule has 2 fully saturated rings. The highest BCUT2D eigenvalue weighted by Gasteiger charge is 2.37. The first-order valence-electron chi connectivity index (χ1n) is 8.52. The molecule has 1 aromatic carbocycles. The third kappa shape index (κ3) is 3.44. The van der Waals surface area contributed by atoms with Crippen molar-refractivity contribution in [3.05, 3.63) is 48.0 Å². The average molecular weight is 330 g/mol. The molecule has 1 aromatic heterocycles. The number of aromatic nitrogens is 2. The Morgan fingerprint density at radius 2 is 2.21 bits per heavy atom. The Labute approximate surface area is 141 Å². The number of halogens is 1. The summed E-state index contributed by atoms with van der Waals surface area (Å²) in [6.45, 7) is 5.07. The van der Waals surface area contributed by atoms with Gasteiger partial charge in [-0.05, 0) is 12.1 Å². The molecule has 2 saturated heterocycles. The van der Waals surface area contributed by atoms with E-state index in [0.29, 0.717) is 11.8 Å². The Bertz CT molecular complexity index is 704. The van der Waals surface area contributed by atoms with Crippen molar-refractivity contribution in [2.24, 2.45) is 7.05 Å². The summed E-state index contributed by atoms with van der Waals surface area (Å²) in [5, 5.41) is 4.24. The zero-order valence-electron chi connectivity index (χ0n) is 13.9. The van der Waals surface area contributed by atoms with Gasteiger partial charge >= 0.3 is 0 Å². The number of piperazine rings is 1. The van der Waals surface area contributed by atoms with Crippen LogP contribution in [0.4, 0.5) is 4.39 Å². The minimum absolute atomic E-state index is 0.148. The number of hydrogen-bond donors (Lipinski definition) is 0. The Kier molecular flexibility index (Phi) is 4.24. The van der Waals surface area contributed by atoms with Crippen molar-refractivity contribution >= 4 is 0 Å². The van der Waals surface area contributed by atoms with Crippen LogP contribution >= 0.6 is 0 Å². The molecule has 128 valence electrons. The molecular formula is C18H23FN4O. The molecule has 2 aliphatic heterocycles. The molecule has 0 saturated carbocycles. The summed E-state index contributed by atoms with van der Waals surface area (Å²) in [5.41, 5.74) is 1.26. The first kappa shape index (κ1) is 15.6. The molecule has 4 rings (SSSR count). The van der Waals surface area contributed by atoms with Gasteiger partial charge in [0.15, 0.2) is 0 Å². The molecule has 24 heavy (non-hydrogen) atoms. The number of nitrogens with zero attached hydrogens (tertiary/aromatic N) is 4. The van der Waals surface area contributed by atoms with Crippen LogP contribution in [0.3, 0.4) is 0 Å². The van der Waals surface area contributed by atoms with Crippen LogP contribution in [0.1, 0.15) is 12.0 Å². The van der Waals surface area contributed by atoms with Crippen LogP contribution in [0.5, 0.6) is 5.75 Å². The minimum Gasteiger partial charge on any atom is -0.489 e. The first-order valence-corrected chi connectivity index (χ1v) is 8.52. The van der Waals surface area contributed by atoms with Gasteiger partial charge in [-0.2, -0.15) is 5.10 Å². The van der Waals surface area contributed by atoms with E-state index in [1.807, 2.05) is 24.0 Å². The minimum atomic E-state index is -0.245. The number of benzene rings is 1. The van der Waals surface area contributed by atoms with Gasteiger partial charge in [-0.1, -0.05) is 6.07 Å². The molecule has 3 heterocycles. The lowest BCUT2D eigenvalue weighted by atomic mass is 10.1. The van der Waals surface area contributed by atoms with E-state index in [-0.39, 0.29) is 11.9 Å². The maximum atomic E-state index is 13.3. The summed E-state index contributed by atoms with van der Waals surface area (Å²) in [7, 11) is 1.95. The van der Waals surface area contributed by atoms with Crippen molar-refractivity contribution in [3.8, 4) is 5.75 Å². The van der Waals surface area contributed by atoms with E-state index in [9.17, 15) is 4.39 Å². The molecule has 2 aromatic rings. The van der Waals surface area contributed by atoms with E-state index < -0.39 is 0 Å². The maximum Gasteiger partial charge on any atom is 0.126 e. The van der Waals surface area contributed by atoms with Gasteiger partial charge in [-0.3, -0.25) is 14.5 Å². The Hall–Kier alpha value is -1.92. The van der Waals surface area contributed by atoms with Crippen molar-refractivity contribution in [3.63, 3.8) is 0 Å². The molecule has 2 unspecified atom stereocenters. The highest BCUT2D eigenvalue weighted by molar-refractivity contribution is 5.23. The van der Waals surface area contributed by atoms with Crippen LogP contribution in [-0.4, -0.2) is 57.9 Å². The standard InChI is InChI=1S/C18H23FN4O/c1-21-10-14(9-20-21)11-22-5-6-23-13-18(8-16(23)12-22)24-17-4-2-3-15(19)7-17/h2-4,7,9-10,16,18H,5-6,8,11-13H2,1H3. The summed E-state index contributed by atoms with van der Waals surface area (Å²) in [4.78, 5) is 4.99. The van der Waals surface area contributed by atoms with Crippen LogP contribution in [0, 0.1) is 5.82 Å². The van der Waals surface area contributed by atoms with Gasteiger partial charge in [0.25, 0.3) is 0 Å². The van der Waals surface area contributed by atoms with Crippen molar-refractivity contribution < 1.29 is 9.13 Å². The van der Waals surface area contributed by atoms with Gasteiger partial charge in [0.05, 0.1) is 6.20 Å². The monoisotopic (exact) mass is 330 g/mol. The summed E-state index contributed by atoms with van der Waals surface area (Å²) in [6, 6.07) is 6.96. The predicted octanol–water partition coefficient (Wildman–Crippen LogP) is 1.90. The van der Waals surface area contributed by atoms with E-state index in [1.165, 1.54) is 17.7 Å². The van der Waals surface area contributed by atoms with Gasteiger partial charge in [0.2, 0.25) is 0 Å². The SMILES string of the molecule is Cn1cc(CN2CCN3CC(Oc4cccc(F)c4)CC3C2)cn1. The summed E-state index contributed by atoms with van der Waals surface area (Å²) < 4.78 is 21.1. The largest absolute Gasteiger partial charge is 0.489 e. The molecule has 6 heteroatoms. The summed E-state index contributed by atoms with van der Waals surface area (Å²) in [6.07, 6.45) is 5.17. The molecule has 5 nitrogen and oxygen atoms in total. The Morgan fingerprint density at radius 1 is 1.29 bits per heavy atom. The molecule has 0 radical (unpaired) electrons. The van der Waals surface area contributed by atoms with Crippen LogP contribution in [-0.2, 0) is 13.6 Å². The van der Waals surface area contributed by atoms with Gasteiger partial charge < -0.3 is 4.74 Å². The highest BCUT2D eigenvalue weighted by atomic mass is 19.1. The van der Waals surface area contributed by atoms with E-state index in [0.717, 1.165) is 39.1 Å². The smallest absolute Gasteiger partial charge is 0.126 e. The number of fused-ring (bicyclic) bond motifs is 1. The van der Waals surface area contributed by atoms with Gasteiger partial charge in [-0.25, -0.2) is 4.39 Å². The van der Waals surface area contributed by atoms with Crippen molar-refractivity contribution in [1.82, 2.24) is 19.6 Å². The maximum absolute atomic E-state index is 13.3. The van der Waals surface area contributed by atoms with E-state index in [1.54, 1.807) is 6.07 Å². The Balaban J connectivity index is 1.33. The lowest BCUT2D eigenvalue weighted by molar-refractivity contribution is 0.0978. The molecule has 0 bridgehead atoms. The third-order valence-corrected chi connectivity index (χ3v) is 4.93. The van der Waals surface area contributed by atoms with Crippen molar-refractivity contribution in [1.29, 1.82) is 0 Å². The van der Waals surface area contributed by atoms with E-state index in [2.05, 4.69) is 21.1 Å². The quantitative estimate of drug-likeness (QED) is 0.857. The normalized spacial score (nSPS) is 24.9. The molecule has 0 aliphatic carbocycles. The van der Waals surface area contributed by atoms with Gasteiger partial charge in [-0.15, -0.1) is 0 Å². The zero-order valence-corrected chi connectivity index (χ0v) is 13.9. The predicted molar refractivity (Wildman–Crippen MR) is 89.3 cm³/mol. The fourth-order valence-electron chi connectivity index (χ4n) is 3.83. The topological polar surface area (TPSA) is 33.5 Å². The molecule has 0 amide bonds. The number of ether oxygens (including phenoxy) is 1. The Morgan fingerprint density at radius 3 is 3.00 bits per heavy atom. The number of aryl methyl sites for hydroxylation is 1. The molecule has 0 spiro atoms. The fraction of sp³-hybridized carbons (Fsp3) is 0.500. The van der Waals surface area contributed by atoms with Crippen LogP contribution < -0.4 is 4.74 Å². The molecule has 0 N–H and O–H groups in total. The first-order chi connectivity index (χ1) is 11.7. The van der Waals surface area contributed by atoms with Gasteiger partial charge in [0, 0.05) is 70.1 Å². The van der Waals surface area contributed by atoms with Crippen LogP contribution in [0.2, 0.25) is 0 Å². The van der Waals surface area contributed by atoms with Crippen LogP contribution in [0.25, 0.3) is 0 Å². The molecular weight excluding hydrogens is 307 g/mol. The lowest BCUT2D eigenvalue weighted by Crippen LogP contribution is -2.49. The summed E-state index contributed by atoms with van der Waals surface area (Å²) in [5.74, 6) is 0.387. The van der Waals surface area contributed by atoms with Crippen molar-refractivity contribution in [2.75, 3.05) is 26.2 Å². The third-order valence-electron chi connectivity index (χ3n) is 4.93.